The van der Waals surface area contributed by atoms with Crippen LogP contribution in [0, 0.1) is 5.41 Å². The summed E-state index contributed by atoms with van der Waals surface area (Å²) in [6, 6.07) is 7.86. The Morgan fingerprint density at radius 3 is 2.88 bits per heavy atom. The number of rotatable bonds is 3. The zero-order valence-corrected chi connectivity index (χ0v) is 10.8. The van der Waals surface area contributed by atoms with Gasteiger partial charge in [-0.25, -0.2) is 0 Å². The van der Waals surface area contributed by atoms with Crippen LogP contribution in [0.2, 0.25) is 5.02 Å². The molecule has 17 heavy (non-hydrogen) atoms. The lowest BCUT2D eigenvalue weighted by atomic mass is 9.68. The third-order valence-corrected chi connectivity index (χ3v) is 4.20. The average Bonchev–Trinajstić information content (AvgIpc) is 2.32. The lowest BCUT2D eigenvalue weighted by Gasteiger charge is -2.41. The third kappa shape index (κ3) is 2.82. The normalized spacial score (nSPS) is 29.2. The van der Waals surface area contributed by atoms with E-state index in [9.17, 15) is 5.11 Å². The van der Waals surface area contributed by atoms with E-state index in [1.54, 1.807) is 0 Å². The Hall–Kier alpha value is -0.570. The molecule has 0 bridgehead atoms. The maximum absolute atomic E-state index is 10.2. The van der Waals surface area contributed by atoms with Gasteiger partial charge < -0.3 is 10.8 Å². The molecule has 0 aromatic heterocycles. The number of hydrogen-bond donors (Lipinski definition) is 2. The second-order valence-corrected chi connectivity index (χ2v) is 5.57. The van der Waals surface area contributed by atoms with Gasteiger partial charge in [0.05, 0.1) is 6.10 Å². The van der Waals surface area contributed by atoms with Gasteiger partial charge in [-0.2, -0.15) is 0 Å². The molecular weight excluding hydrogens is 234 g/mol. The monoisotopic (exact) mass is 253 g/mol. The largest absolute Gasteiger partial charge is 0.392 e. The molecule has 1 aliphatic carbocycles. The van der Waals surface area contributed by atoms with Crippen molar-refractivity contribution in [3.05, 3.63) is 34.9 Å². The van der Waals surface area contributed by atoms with Crippen LogP contribution >= 0.6 is 11.6 Å². The van der Waals surface area contributed by atoms with E-state index in [2.05, 4.69) is 6.07 Å². The number of halogens is 1. The molecule has 3 heteroatoms. The van der Waals surface area contributed by atoms with Crippen molar-refractivity contribution in [2.24, 2.45) is 11.1 Å². The van der Waals surface area contributed by atoms with Crippen molar-refractivity contribution in [1.29, 1.82) is 0 Å². The zero-order valence-electron chi connectivity index (χ0n) is 10.0. The number of benzene rings is 1. The first-order valence-electron chi connectivity index (χ1n) is 6.29. The first-order valence-corrected chi connectivity index (χ1v) is 6.67. The summed E-state index contributed by atoms with van der Waals surface area (Å²) in [7, 11) is 0. The van der Waals surface area contributed by atoms with Crippen LogP contribution < -0.4 is 5.73 Å². The van der Waals surface area contributed by atoms with Crippen LogP contribution in [0.3, 0.4) is 0 Å². The van der Waals surface area contributed by atoms with Crippen molar-refractivity contribution in [2.45, 2.75) is 38.2 Å². The molecule has 1 aromatic rings. The summed E-state index contributed by atoms with van der Waals surface area (Å²) in [5.74, 6) is 0. The highest BCUT2D eigenvalue weighted by atomic mass is 35.5. The summed E-state index contributed by atoms with van der Waals surface area (Å²) in [4.78, 5) is 0. The van der Waals surface area contributed by atoms with Gasteiger partial charge in [-0.3, -0.25) is 0 Å². The predicted octanol–water partition coefficient (Wildman–Crippen LogP) is 2.76. The highest BCUT2D eigenvalue weighted by Gasteiger charge is 2.38. The number of aliphatic hydroxyl groups is 1. The van der Waals surface area contributed by atoms with Crippen molar-refractivity contribution < 1.29 is 5.11 Å². The molecule has 0 heterocycles. The van der Waals surface area contributed by atoms with Crippen LogP contribution in [0.15, 0.2) is 24.3 Å². The number of hydrogen-bond acceptors (Lipinski definition) is 2. The lowest BCUT2D eigenvalue weighted by Crippen LogP contribution is -2.45. The van der Waals surface area contributed by atoms with E-state index in [0.29, 0.717) is 6.54 Å². The van der Waals surface area contributed by atoms with Crippen molar-refractivity contribution in [1.82, 2.24) is 0 Å². The molecular formula is C14H20ClNO. The zero-order chi connectivity index (χ0) is 12.3. The third-order valence-electron chi connectivity index (χ3n) is 3.96. The quantitative estimate of drug-likeness (QED) is 0.870. The second-order valence-electron chi connectivity index (χ2n) is 5.13. The molecule has 0 aliphatic heterocycles. The van der Waals surface area contributed by atoms with Crippen molar-refractivity contribution in [2.75, 3.05) is 6.54 Å². The van der Waals surface area contributed by atoms with E-state index >= 15 is 0 Å². The van der Waals surface area contributed by atoms with Gasteiger partial charge in [0.2, 0.25) is 0 Å². The van der Waals surface area contributed by atoms with E-state index in [1.165, 1.54) is 5.56 Å². The molecule has 0 amide bonds. The molecule has 0 saturated heterocycles. The summed E-state index contributed by atoms with van der Waals surface area (Å²) < 4.78 is 0. The van der Waals surface area contributed by atoms with Crippen molar-refractivity contribution in [3.63, 3.8) is 0 Å². The van der Waals surface area contributed by atoms with Crippen LogP contribution in [0.1, 0.15) is 31.2 Å². The van der Waals surface area contributed by atoms with Crippen LogP contribution in [0.25, 0.3) is 0 Å². The molecule has 2 unspecified atom stereocenters. The summed E-state index contributed by atoms with van der Waals surface area (Å²) in [5.41, 5.74) is 6.94. The van der Waals surface area contributed by atoms with E-state index in [1.807, 2.05) is 18.2 Å². The topological polar surface area (TPSA) is 46.2 Å². The number of nitrogens with two attached hydrogens (primary N) is 1. The summed E-state index contributed by atoms with van der Waals surface area (Å²) in [6.45, 7) is 0.542. The average molecular weight is 254 g/mol. The molecule has 0 spiro atoms. The molecule has 94 valence electrons. The van der Waals surface area contributed by atoms with Crippen molar-refractivity contribution in [3.8, 4) is 0 Å². The van der Waals surface area contributed by atoms with Gasteiger partial charge in [0.15, 0.2) is 0 Å². The molecule has 3 N–H and O–H groups in total. The smallest absolute Gasteiger partial charge is 0.0611 e. The molecule has 1 aliphatic rings. The maximum atomic E-state index is 10.2. The first kappa shape index (κ1) is 12.9. The fourth-order valence-electron chi connectivity index (χ4n) is 2.86. The lowest BCUT2D eigenvalue weighted by molar-refractivity contribution is -0.00584. The van der Waals surface area contributed by atoms with Gasteiger partial charge in [0.1, 0.15) is 0 Å². The minimum absolute atomic E-state index is 0.150. The van der Waals surface area contributed by atoms with Gasteiger partial charge in [0.25, 0.3) is 0 Å². The van der Waals surface area contributed by atoms with Crippen LogP contribution in [0.5, 0.6) is 0 Å². The van der Waals surface area contributed by atoms with Crippen LogP contribution in [-0.2, 0) is 6.42 Å². The Balaban J connectivity index is 2.18. The minimum atomic E-state index is -0.278. The van der Waals surface area contributed by atoms with E-state index in [-0.39, 0.29) is 11.5 Å². The first-order chi connectivity index (χ1) is 8.16. The Labute approximate surface area is 108 Å². The van der Waals surface area contributed by atoms with Crippen LogP contribution in [-0.4, -0.2) is 17.8 Å². The maximum Gasteiger partial charge on any atom is 0.0611 e. The van der Waals surface area contributed by atoms with E-state index in [4.69, 9.17) is 17.3 Å². The van der Waals surface area contributed by atoms with Gasteiger partial charge in [-0.05, 0) is 37.0 Å². The Morgan fingerprint density at radius 2 is 2.24 bits per heavy atom. The molecule has 2 rings (SSSR count). The Morgan fingerprint density at radius 1 is 1.41 bits per heavy atom. The molecule has 1 saturated carbocycles. The van der Waals surface area contributed by atoms with Gasteiger partial charge in [0, 0.05) is 17.0 Å². The summed E-state index contributed by atoms with van der Waals surface area (Å²) in [6.07, 6.45) is 4.70. The SMILES string of the molecule is NCC1(Cc2cccc(Cl)c2)CCCCC1O. The highest BCUT2D eigenvalue weighted by Crippen LogP contribution is 2.38. The van der Waals surface area contributed by atoms with Gasteiger partial charge in [-0.15, -0.1) is 0 Å². The number of aliphatic hydroxyl groups excluding tert-OH is 1. The Bertz CT molecular complexity index is 382. The predicted molar refractivity (Wildman–Crippen MR) is 71.1 cm³/mol. The standard InChI is InChI=1S/C14H20ClNO/c15-12-5-3-4-11(8-12)9-14(10-16)7-2-1-6-13(14)17/h3-5,8,13,17H,1-2,6-7,9-10,16H2. The summed E-state index contributed by atoms with van der Waals surface area (Å²) in [5, 5.41) is 11.0. The molecule has 0 radical (unpaired) electrons. The summed E-state index contributed by atoms with van der Waals surface area (Å²) >= 11 is 5.99. The van der Waals surface area contributed by atoms with Gasteiger partial charge >= 0.3 is 0 Å². The fourth-order valence-corrected chi connectivity index (χ4v) is 3.07. The minimum Gasteiger partial charge on any atom is -0.392 e. The second kappa shape index (κ2) is 5.38. The van der Waals surface area contributed by atoms with E-state index in [0.717, 1.165) is 37.1 Å². The molecule has 1 fully saturated rings. The highest BCUT2D eigenvalue weighted by molar-refractivity contribution is 6.30. The fraction of sp³-hybridized carbons (Fsp3) is 0.571. The Kier molecular flexibility index (Phi) is 4.08. The van der Waals surface area contributed by atoms with Crippen LogP contribution in [0.4, 0.5) is 0 Å². The van der Waals surface area contributed by atoms with Crippen molar-refractivity contribution >= 4 is 11.6 Å². The van der Waals surface area contributed by atoms with E-state index < -0.39 is 0 Å². The molecule has 1 aromatic carbocycles. The molecule has 2 atom stereocenters. The molecule has 2 nitrogen and oxygen atoms in total. The van der Waals surface area contributed by atoms with Gasteiger partial charge in [-0.1, -0.05) is 36.6 Å².